The lowest BCUT2D eigenvalue weighted by molar-refractivity contribution is 0.0507. The van der Waals surface area contributed by atoms with Gasteiger partial charge in [0.25, 0.3) is 0 Å². The second-order valence-corrected chi connectivity index (χ2v) is 5.31. The number of hydrogen-bond acceptors (Lipinski definition) is 4. The molecule has 5 nitrogen and oxygen atoms in total. The summed E-state index contributed by atoms with van der Waals surface area (Å²) in [5, 5.41) is 9.33. The molecule has 1 saturated heterocycles. The first-order valence-electron chi connectivity index (χ1n) is 5.80. The summed E-state index contributed by atoms with van der Waals surface area (Å²) in [5.41, 5.74) is -0.435. The van der Waals surface area contributed by atoms with E-state index in [0.717, 1.165) is 19.6 Å². The van der Waals surface area contributed by atoms with Crippen LogP contribution in [0.1, 0.15) is 27.7 Å². The molecule has 1 aliphatic heterocycles. The molecule has 0 radical (unpaired) electrons. The van der Waals surface area contributed by atoms with Gasteiger partial charge in [-0.25, -0.2) is 4.79 Å². The standard InChI is InChI=1S/C11H23N3O2/c1-8(5-13-9-6-12-7-9)14-10(15)16-11(2,3)4/h8-9,12-13H,5-7H2,1-4H3,(H,14,15). The van der Waals surface area contributed by atoms with Gasteiger partial charge in [0, 0.05) is 31.7 Å². The maximum atomic E-state index is 11.4. The van der Waals surface area contributed by atoms with E-state index < -0.39 is 5.60 Å². The third-order valence-electron chi connectivity index (χ3n) is 2.26. The molecule has 0 aromatic rings. The van der Waals surface area contributed by atoms with Crippen LogP contribution < -0.4 is 16.0 Å². The zero-order chi connectivity index (χ0) is 12.2. The lowest BCUT2D eigenvalue weighted by atomic mass is 10.2. The molecule has 0 aliphatic carbocycles. The van der Waals surface area contributed by atoms with Crippen LogP contribution in [-0.2, 0) is 4.74 Å². The van der Waals surface area contributed by atoms with Crippen molar-refractivity contribution < 1.29 is 9.53 Å². The smallest absolute Gasteiger partial charge is 0.407 e. The van der Waals surface area contributed by atoms with Crippen LogP contribution in [0, 0.1) is 0 Å². The Morgan fingerprint density at radius 3 is 2.56 bits per heavy atom. The normalized spacial score (nSPS) is 18.8. The lowest BCUT2D eigenvalue weighted by Gasteiger charge is -2.29. The minimum Gasteiger partial charge on any atom is -0.444 e. The first-order chi connectivity index (χ1) is 7.37. The van der Waals surface area contributed by atoms with Gasteiger partial charge in [0.15, 0.2) is 0 Å². The number of ether oxygens (including phenoxy) is 1. The highest BCUT2D eigenvalue weighted by Gasteiger charge is 2.19. The van der Waals surface area contributed by atoms with Gasteiger partial charge in [0.05, 0.1) is 0 Å². The summed E-state index contributed by atoms with van der Waals surface area (Å²) in [7, 11) is 0. The average Bonchev–Trinajstić information content (AvgIpc) is 1.96. The number of hydrogen-bond donors (Lipinski definition) is 3. The van der Waals surface area contributed by atoms with Crippen molar-refractivity contribution in [1.82, 2.24) is 16.0 Å². The topological polar surface area (TPSA) is 62.4 Å². The Morgan fingerprint density at radius 2 is 2.12 bits per heavy atom. The SMILES string of the molecule is CC(CNC1CNC1)NC(=O)OC(C)(C)C. The van der Waals surface area contributed by atoms with Gasteiger partial charge in [0.2, 0.25) is 0 Å². The highest BCUT2D eigenvalue weighted by Crippen LogP contribution is 2.06. The van der Waals surface area contributed by atoms with Crippen LogP contribution in [0.4, 0.5) is 4.79 Å². The van der Waals surface area contributed by atoms with Crippen molar-refractivity contribution >= 4 is 6.09 Å². The monoisotopic (exact) mass is 229 g/mol. The fourth-order valence-electron chi connectivity index (χ4n) is 1.34. The maximum Gasteiger partial charge on any atom is 0.407 e. The summed E-state index contributed by atoms with van der Waals surface area (Å²) in [5.74, 6) is 0. The largest absolute Gasteiger partial charge is 0.444 e. The van der Waals surface area contributed by atoms with E-state index >= 15 is 0 Å². The van der Waals surface area contributed by atoms with Gasteiger partial charge in [-0.3, -0.25) is 0 Å². The fourth-order valence-corrected chi connectivity index (χ4v) is 1.34. The van der Waals surface area contributed by atoms with E-state index in [-0.39, 0.29) is 12.1 Å². The third kappa shape index (κ3) is 5.32. The molecule has 0 spiro atoms. The molecule has 1 heterocycles. The molecular weight excluding hydrogens is 206 g/mol. The number of alkyl carbamates (subject to hydrolysis) is 1. The predicted octanol–water partition coefficient (Wildman–Crippen LogP) is 0.461. The van der Waals surface area contributed by atoms with Crippen LogP contribution in [0.3, 0.4) is 0 Å². The molecule has 1 amide bonds. The summed E-state index contributed by atoms with van der Waals surface area (Å²) in [6.45, 7) is 10.3. The summed E-state index contributed by atoms with van der Waals surface area (Å²) in [6, 6.07) is 0.623. The molecule has 1 atom stereocenters. The summed E-state index contributed by atoms with van der Waals surface area (Å²) < 4.78 is 5.17. The average molecular weight is 229 g/mol. The minimum absolute atomic E-state index is 0.0791. The zero-order valence-corrected chi connectivity index (χ0v) is 10.6. The Labute approximate surface area is 97.3 Å². The van der Waals surface area contributed by atoms with Gasteiger partial charge in [0.1, 0.15) is 5.60 Å². The van der Waals surface area contributed by atoms with Crippen molar-refractivity contribution in [2.75, 3.05) is 19.6 Å². The Morgan fingerprint density at radius 1 is 1.50 bits per heavy atom. The zero-order valence-electron chi connectivity index (χ0n) is 10.6. The molecule has 0 aromatic heterocycles. The van der Waals surface area contributed by atoms with Gasteiger partial charge in [-0.15, -0.1) is 0 Å². The van der Waals surface area contributed by atoms with Gasteiger partial charge in [-0.2, -0.15) is 0 Å². The van der Waals surface area contributed by atoms with Crippen molar-refractivity contribution in [2.45, 2.75) is 45.4 Å². The molecule has 1 aliphatic rings. The van der Waals surface area contributed by atoms with Crippen LogP contribution in [0.2, 0.25) is 0 Å². The van der Waals surface area contributed by atoms with Crippen molar-refractivity contribution in [3.8, 4) is 0 Å². The van der Waals surface area contributed by atoms with Crippen molar-refractivity contribution in [3.05, 3.63) is 0 Å². The molecule has 1 fully saturated rings. The number of rotatable bonds is 4. The molecule has 1 rings (SSSR count). The van der Waals surface area contributed by atoms with Crippen molar-refractivity contribution in [2.24, 2.45) is 0 Å². The van der Waals surface area contributed by atoms with E-state index in [1.807, 2.05) is 27.7 Å². The van der Waals surface area contributed by atoms with E-state index in [1.165, 1.54) is 0 Å². The Balaban J connectivity index is 2.12. The molecule has 0 saturated carbocycles. The van der Waals surface area contributed by atoms with E-state index in [1.54, 1.807) is 0 Å². The van der Waals surface area contributed by atoms with Crippen molar-refractivity contribution in [1.29, 1.82) is 0 Å². The van der Waals surface area contributed by atoms with E-state index in [0.29, 0.717) is 6.04 Å². The Hall–Kier alpha value is -0.810. The van der Waals surface area contributed by atoms with Gasteiger partial charge >= 0.3 is 6.09 Å². The second kappa shape index (κ2) is 5.50. The fraction of sp³-hybridized carbons (Fsp3) is 0.909. The van der Waals surface area contributed by atoms with Crippen molar-refractivity contribution in [3.63, 3.8) is 0 Å². The second-order valence-electron chi connectivity index (χ2n) is 5.31. The first-order valence-corrected chi connectivity index (χ1v) is 5.80. The molecule has 94 valence electrons. The van der Waals surface area contributed by atoms with Crippen LogP contribution in [-0.4, -0.2) is 43.4 Å². The summed E-state index contributed by atoms with van der Waals surface area (Å²) in [6.07, 6.45) is -0.353. The highest BCUT2D eigenvalue weighted by atomic mass is 16.6. The quantitative estimate of drug-likeness (QED) is 0.655. The molecule has 1 unspecified atom stereocenters. The number of amides is 1. The Bertz CT molecular complexity index is 234. The first kappa shape index (κ1) is 13.3. The third-order valence-corrected chi connectivity index (χ3v) is 2.26. The van der Waals surface area contributed by atoms with E-state index in [4.69, 9.17) is 4.74 Å². The summed E-state index contributed by atoms with van der Waals surface area (Å²) >= 11 is 0. The highest BCUT2D eigenvalue weighted by molar-refractivity contribution is 5.68. The maximum absolute atomic E-state index is 11.4. The molecule has 3 N–H and O–H groups in total. The number of carbonyl (C=O) groups excluding carboxylic acids is 1. The van der Waals surface area contributed by atoms with E-state index in [9.17, 15) is 4.79 Å². The molecule has 0 bridgehead atoms. The number of carbonyl (C=O) groups is 1. The Kier molecular flexibility index (Phi) is 4.56. The number of nitrogens with one attached hydrogen (secondary N) is 3. The van der Waals surface area contributed by atoms with Gasteiger partial charge < -0.3 is 20.7 Å². The lowest BCUT2D eigenvalue weighted by Crippen LogP contribution is -2.57. The molecule has 16 heavy (non-hydrogen) atoms. The van der Waals surface area contributed by atoms with Crippen LogP contribution in [0.25, 0.3) is 0 Å². The molecule has 5 heteroatoms. The molecular formula is C11H23N3O2. The van der Waals surface area contributed by atoms with E-state index in [2.05, 4.69) is 16.0 Å². The van der Waals surface area contributed by atoms with Crippen LogP contribution in [0.15, 0.2) is 0 Å². The van der Waals surface area contributed by atoms with Crippen LogP contribution >= 0.6 is 0 Å². The summed E-state index contributed by atoms with van der Waals surface area (Å²) in [4.78, 5) is 11.4. The minimum atomic E-state index is -0.435. The van der Waals surface area contributed by atoms with Gasteiger partial charge in [-0.1, -0.05) is 0 Å². The van der Waals surface area contributed by atoms with Crippen LogP contribution in [0.5, 0.6) is 0 Å². The van der Waals surface area contributed by atoms with Gasteiger partial charge in [-0.05, 0) is 27.7 Å². The molecule has 0 aromatic carbocycles. The predicted molar refractivity (Wildman–Crippen MR) is 63.5 cm³/mol.